The normalized spacial score (nSPS) is 19.9. The minimum atomic E-state index is 0.113. The fraction of sp³-hybridized carbons (Fsp3) is 0.500. The van der Waals surface area contributed by atoms with Crippen LogP contribution in [0.1, 0.15) is 31.2 Å². The summed E-state index contributed by atoms with van der Waals surface area (Å²) >= 11 is 0. The highest BCUT2D eigenvalue weighted by atomic mass is 16.2. The quantitative estimate of drug-likeness (QED) is 0.823. The summed E-state index contributed by atoms with van der Waals surface area (Å²) in [5.41, 5.74) is 2.41. The number of benzene rings is 1. The molecule has 0 spiro atoms. The first kappa shape index (κ1) is 17.5. The van der Waals surface area contributed by atoms with Crippen LogP contribution in [0.2, 0.25) is 0 Å². The number of para-hydroxylation sites is 1. The van der Waals surface area contributed by atoms with Gasteiger partial charge in [-0.05, 0) is 43.7 Å². The molecule has 1 amide bonds. The number of anilines is 3. The summed E-state index contributed by atoms with van der Waals surface area (Å²) in [5.74, 6) is 2.44. The topological polar surface area (TPSA) is 52.6 Å². The minimum Gasteiger partial charge on any atom is -0.356 e. The van der Waals surface area contributed by atoms with Gasteiger partial charge in [-0.1, -0.05) is 18.2 Å². The third-order valence-electron chi connectivity index (χ3n) is 6.39. The van der Waals surface area contributed by atoms with Gasteiger partial charge in [-0.25, -0.2) is 9.97 Å². The first-order valence-corrected chi connectivity index (χ1v) is 10.5. The van der Waals surface area contributed by atoms with Gasteiger partial charge in [0.25, 0.3) is 0 Å². The molecule has 1 aromatic carbocycles. The molecule has 2 aromatic rings. The number of nitrogens with zero attached hydrogens (tertiary/aromatic N) is 5. The average molecular weight is 377 g/mol. The molecule has 28 heavy (non-hydrogen) atoms. The van der Waals surface area contributed by atoms with Crippen LogP contribution < -0.4 is 14.7 Å². The predicted molar refractivity (Wildman–Crippen MR) is 111 cm³/mol. The van der Waals surface area contributed by atoms with Crippen LogP contribution in [0.15, 0.2) is 36.7 Å². The Morgan fingerprint density at radius 3 is 2.32 bits per heavy atom. The third kappa shape index (κ3) is 3.21. The number of amides is 1. The maximum absolute atomic E-state index is 13.1. The fourth-order valence-electron chi connectivity index (χ4n) is 4.77. The van der Waals surface area contributed by atoms with E-state index < -0.39 is 0 Å². The van der Waals surface area contributed by atoms with E-state index in [1.54, 1.807) is 6.33 Å². The van der Waals surface area contributed by atoms with Crippen LogP contribution in [0.5, 0.6) is 0 Å². The first-order chi connectivity index (χ1) is 13.8. The molecular formula is C22H27N5O. The average Bonchev–Trinajstić information content (AvgIpc) is 3.44. The van der Waals surface area contributed by atoms with Gasteiger partial charge in [-0.15, -0.1) is 0 Å². The Morgan fingerprint density at radius 1 is 0.893 bits per heavy atom. The summed E-state index contributed by atoms with van der Waals surface area (Å²) in [6.45, 7) is 4.75. The van der Waals surface area contributed by atoms with Crippen molar-refractivity contribution in [3.05, 3.63) is 42.2 Å². The third-order valence-corrected chi connectivity index (χ3v) is 6.39. The lowest BCUT2D eigenvalue weighted by atomic mass is 9.95. The van der Waals surface area contributed by atoms with E-state index in [-0.39, 0.29) is 5.92 Å². The SMILES string of the molecule is O=C(C1CCN(c2cc(N3CCCC3)ncn2)CC1)N1CCc2ccccc21. The van der Waals surface area contributed by atoms with E-state index in [1.807, 2.05) is 11.0 Å². The van der Waals surface area contributed by atoms with E-state index in [0.29, 0.717) is 5.91 Å². The summed E-state index contributed by atoms with van der Waals surface area (Å²) in [6.07, 6.45) is 6.92. The highest BCUT2D eigenvalue weighted by molar-refractivity contribution is 5.97. The van der Waals surface area contributed by atoms with Gasteiger partial charge in [0.15, 0.2) is 0 Å². The fourth-order valence-corrected chi connectivity index (χ4v) is 4.77. The van der Waals surface area contributed by atoms with Gasteiger partial charge < -0.3 is 14.7 Å². The number of carbonyl (C=O) groups excluding carboxylic acids is 1. The molecule has 1 aromatic heterocycles. The van der Waals surface area contributed by atoms with E-state index >= 15 is 0 Å². The van der Waals surface area contributed by atoms with Crippen molar-refractivity contribution in [2.45, 2.75) is 32.1 Å². The van der Waals surface area contributed by atoms with Crippen molar-refractivity contribution < 1.29 is 4.79 Å². The molecule has 6 heteroatoms. The van der Waals surface area contributed by atoms with E-state index in [0.717, 1.165) is 69.3 Å². The summed E-state index contributed by atoms with van der Waals surface area (Å²) in [6, 6.07) is 10.4. The van der Waals surface area contributed by atoms with Crippen LogP contribution in [0, 0.1) is 5.92 Å². The second-order valence-electron chi connectivity index (χ2n) is 8.06. The zero-order valence-corrected chi connectivity index (χ0v) is 16.3. The van der Waals surface area contributed by atoms with Gasteiger partial charge in [0.1, 0.15) is 18.0 Å². The number of piperidine rings is 1. The van der Waals surface area contributed by atoms with Crippen LogP contribution in [0.3, 0.4) is 0 Å². The number of rotatable bonds is 3. The van der Waals surface area contributed by atoms with Crippen molar-refractivity contribution in [2.24, 2.45) is 5.92 Å². The molecule has 3 aliphatic rings. The lowest BCUT2D eigenvalue weighted by Gasteiger charge is -2.34. The van der Waals surface area contributed by atoms with Crippen molar-refractivity contribution in [1.29, 1.82) is 0 Å². The Balaban J connectivity index is 1.23. The van der Waals surface area contributed by atoms with E-state index in [4.69, 9.17) is 0 Å². The molecule has 146 valence electrons. The summed E-state index contributed by atoms with van der Waals surface area (Å²) < 4.78 is 0. The van der Waals surface area contributed by atoms with E-state index in [1.165, 1.54) is 18.4 Å². The molecule has 5 rings (SSSR count). The maximum atomic E-state index is 13.1. The van der Waals surface area contributed by atoms with E-state index in [2.05, 4.69) is 44.0 Å². The molecule has 3 aliphatic heterocycles. The summed E-state index contributed by atoms with van der Waals surface area (Å²) in [7, 11) is 0. The number of aromatic nitrogens is 2. The largest absolute Gasteiger partial charge is 0.356 e. The van der Waals surface area contributed by atoms with Crippen molar-refractivity contribution >= 4 is 23.2 Å². The van der Waals surface area contributed by atoms with E-state index in [9.17, 15) is 4.79 Å². The standard InChI is InChI=1S/C22H27N5O/c28-22(27-14-9-17-5-1-2-6-19(17)27)18-7-12-26(13-8-18)21-15-20(23-16-24-21)25-10-3-4-11-25/h1-2,5-6,15-16,18H,3-4,7-14H2. The Hall–Kier alpha value is -2.63. The predicted octanol–water partition coefficient (Wildman–Crippen LogP) is 2.88. The summed E-state index contributed by atoms with van der Waals surface area (Å²) in [4.78, 5) is 28.7. The number of hydrogen-bond donors (Lipinski definition) is 0. The molecule has 0 saturated carbocycles. The monoisotopic (exact) mass is 377 g/mol. The lowest BCUT2D eigenvalue weighted by Crippen LogP contribution is -2.42. The molecule has 0 bridgehead atoms. The van der Waals surface area contributed by atoms with Gasteiger partial charge in [0.05, 0.1) is 0 Å². The molecular weight excluding hydrogens is 350 g/mol. The van der Waals surface area contributed by atoms with Gasteiger partial charge in [-0.3, -0.25) is 4.79 Å². The molecule has 0 radical (unpaired) electrons. The zero-order chi connectivity index (χ0) is 18.9. The smallest absolute Gasteiger partial charge is 0.230 e. The number of hydrogen-bond acceptors (Lipinski definition) is 5. The Bertz CT molecular complexity index is 856. The number of carbonyl (C=O) groups is 1. The van der Waals surface area contributed by atoms with Crippen LogP contribution in [-0.4, -0.2) is 48.6 Å². The second kappa shape index (κ2) is 7.41. The maximum Gasteiger partial charge on any atom is 0.230 e. The van der Waals surface area contributed by atoms with Crippen molar-refractivity contribution in [3.63, 3.8) is 0 Å². The first-order valence-electron chi connectivity index (χ1n) is 10.5. The molecule has 0 aliphatic carbocycles. The highest BCUT2D eigenvalue weighted by Crippen LogP contribution is 2.32. The lowest BCUT2D eigenvalue weighted by molar-refractivity contribution is -0.122. The van der Waals surface area contributed by atoms with Gasteiger partial charge in [0, 0.05) is 50.4 Å². The van der Waals surface area contributed by atoms with Gasteiger partial charge in [0.2, 0.25) is 5.91 Å². The molecule has 2 saturated heterocycles. The Kier molecular flexibility index (Phi) is 4.63. The molecule has 0 unspecified atom stereocenters. The molecule has 0 N–H and O–H groups in total. The van der Waals surface area contributed by atoms with Gasteiger partial charge in [-0.2, -0.15) is 0 Å². The highest BCUT2D eigenvalue weighted by Gasteiger charge is 2.32. The van der Waals surface area contributed by atoms with Crippen LogP contribution >= 0.6 is 0 Å². The zero-order valence-electron chi connectivity index (χ0n) is 16.3. The van der Waals surface area contributed by atoms with Crippen molar-refractivity contribution in [1.82, 2.24) is 9.97 Å². The molecule has 0 atom stereocenters. The van der Waals surface area contributed by atoms with Crippen LogP contribution in [0.25, 0.3) is 0 Å². The molecule has 2 fully saturated rings. The van der Waals surface area contributed by atoms with Crippen LogP contribution in [0.4, 0.5) is 17.3 Å². The van der Waals surface area contributed by atoms with Gasteiger partial charge >= 0.3 is 0 Å². The Morgan fingerprint density at radius 2 is 1.57 bits per heavy atom. The second-order valence-corrected chi connectivity index (χ2v) is 8.06. The summed E-state index contributed by atoms with van der Waals surface area (Å²) in [5, 5.41) is 0. The molecule has 4 heterocycles. The van der Waals surface area contributed by atoms with Crippen molar-refractivity contribution in [3.8, 4) is 0 Å². The Labute approximate surface area is 166 Å². The molecule has 6 nitrogen and oxygen atoms in total. The van der Waals surface area contributed by atoms with Crippen molar-refractivity contribution in [2.75, 3.05) is 47.4 Å². The number of fused-ring (bicyclic) bond motifs is 1. The van der Waals surface area contributed by atoms with Crippen LogP contribution in [-0.2, 0) is 11.2 Å². The minimum absolute atomic E-state index is 0.113.